The van der Waals surface area contributed by atoms with E-state index in [1.54, 1.807) is 0 Å². The molecule has 3 nitrogen and oxygen atoms in total. The summed E-state index contributed by atoms with van der Waals surface area (Å²) in [4.78, 5) is 18.2. The molecular formula is C14H6ClF3N2O. The monoisotopic (exact) mass is 310 g/mol. The van der Waals surface area contributed by atoms with Crippen LogP contribution in [0.1, 0.15) is 0 Å². The number of halogens is 4. The normalized spacial score (nSPS) is 11.0. The number of rotatable bonds is 1. The first-order valence-corrected chi connectivity index (χ1v) is 6.18. The molecule has 2 aromatic carbocycles. The molecule has 0 spiro atoms. The van der Waals surface area contributed by atoms with Crippen molar-refractivity contribution in [1.82, 2.24) is 9.97 Å². The Morgan fingerprint density at radius 2 is 1.76 bits per heavy atom. The van der Waals surface area contributed by atoms with Gasteiger partial charge in [-0.2, -0.15) is 0 Å². The number of fused-ring (bicyclic) bond motifs is 1. The fourth-order valence-electron chi connectivity index (χ4n) is 1.98. The molecule has 7 heteroatoms. The van der Waals surface area contributed by atoms with Crippen molar-refractivity contribution in [3.63, 3.8) is 0 Å². The van der Waals surface area contributed by atoms with Crippen LogP contribution in [0.3, 0.4) is 0 Å². The first kappa shape index (κ1) is 13.6. The maximum atomic E-state index is 13.8. The van der Waals surface area contributed by atoms with E-state index in [0.717, 1.165) is 18.2 Å². The molecule has 3 rings (SSSR count). The van der Waals surface area contributed by atoms with Crippen LogP contribution in [0, 0.1) is 17.5 Å². The SMILES string of the molecule is O=c1[nH]c(-c2c(F)cccc2Cl)nc2cc(F)c(F)cc12. The molecule has 3 aromatic rings. The highest BCUT2D eigenvalue weighted by Crippen LogP contribution is 2.28. The van der Waals surface area contributed by atoms with Crippen LogP contribution < -0.4 is 5.56 Å². The van der Waals surface area contributed by atoms with Crippen molar-refractivity contribution in [3.8, 4) is 11.4 Å². The van der Waals surface area contributed by atoms with Crippen molar-refractivity contribution >= 4 is 22.5 Å². The molecule has 0 saturated heterocycles. The van der Waals surface area contributed by atoms with E-state index in [0.29, 0.717) is 0 Å². The summed E-state index contributed by atoms with van der Waals surface area (Å²) in [6, 6.07) is 5.49. The first-order chi connectivity index (χ1) is 9.97. The average Bonchev–Trinajstić information content (AvgIpc) is 2.41. The Hall–Kier alpha value is -2.34. The number of benzene rings is 2. The van der Waals surface area contributed by atoms with E-state index in [-0.39, 0.29) is 27.3 Å². The van der Waals surface area contributed by atoms with Gasteiger partial charge in [-0.1, -0.05) is 17.7 Å². The molecule has 106 valence electrons. The van der Waals surface area contributed by atoms with E-state index in [4.69, 9.17) is 11.6 Å². The van der Waals surface area contributed by atoms with Crippen LogP contribution in [0.2, 0.25) is 5.02 Å². The van der Waals surface area contributed by atoms with Crippen molar-refractivity contribution in [1.29, 1.82) is 0 Å². The van der Waals surface area contributed by atoms with Gasteiger partial charge >= 0.3 is 0 Å². The molecule has 1 N–H and O–H groups in total. The Morgan fingerprint density at radius 3 is 2.48 bits per heavy atom. The van der Waals surface area contributed by atoms with E-state index < -0.39 is 23.0 Å². The molecule has 1 aromatic heterocycles. The van der Waals surface area contributed by atoms with E-state index >= 15 is 0 Å². The lowest BCUT2D eigenvalue weighted by molar-refractivity contribution is 0.510. The minimum Gasteiger partial charge on any atom is -0.306 e. The highest BCUT2D eigenvalue weighted by molar-refractivity contribution is 6.33. The zero-order valence-corrected chi connectivity index (χ0v) is 11.0. The smallest absolute Gasteiger partial charge is 0.259 e. The summed E-state index contributed by atoms with van der Waals surface area (Å²) in [5.74, 6) is -3.15. The number of nitrogens with zero attached hydrogens (tertiary/aromatic N) is 1. The van der Waals surface area contributed by atoms with Crippen LogP contribution in [0.5, 0.6) is 0 Å². The Labute approximate surface area is 121 Å². The van der Waals surface area contributed by atoms with Crippen molar-refractivity contribution < 1.29 is 13.2 Å². The molecule has 0 atom stereocenters. The van der Waals surface area contributed by atoms with E-state index in [2.05, 4.69) is 9.97 Å². The van der Waals surface area contributed by atoms with E-state index in [1.165, 1.54) is 12.1 Å². The lowest BCUT2D eigenvalue weighted by Crippen LogP contribution is -2.11. The maximum Gasteiger partial charge on any atom is 0.259 e. The number of hydrogen-bond acceptors (Lipinski definition) is 2. The van der Waals surface area contributed by atoms with Gasteiger partial charge in [0.1, 0.15) is 11.6 Å². The lowest BCUT2D eigenvalue weighted by Gasteiger charge is -2.06. The van der Waals surface area contributed by atoms with Crippen molar-refractivity contribution in [2.24, 2.45) is 0 Å². The maximum absolute atomic E-state index is 13.8. The molecule has 0 aliphatic rings. The van der Waals surface area contributed by atoms with Crippen LogP contribution >= 0.6 is 11.6 Å². The third-order valence-corrected chi connectivity index (χ3v) is 3.26. The molecule has 0 unspecified atom stereocenters. The van der Waals surface area contributed by atoms with Gasteiger partial charge in [-0.25, -0.2) is 18.2 Å². The summed E-state index contributed by atoms with van der Waals surface area (Å²) in [7, 11) is 0. The molecular weight excluding hydrogens is 305 g/mol. The molecule has 21 heavy (non-hydrogen) atoms. The molecule has 0 bridgehead atoms. The van der Waals surface area contributed by atoms with Gasteiger partial charge in [0.2, 0.25) is 0 Å². The van der Waals surface area contributed by atoms with E-state index in [9.17, 15) is 18.0 Å². The predicted molar refractivity (Wildman–Crippen MR) is 72.7 cm³/mol. The fraction of sp³-hybridized carbons (Fsp3) is 0. The second-order valence-electron chi connectivity index (χ2n) is 4.29. The highest BCUT2D eigenvalue weighted by Gasteiger charge is 2.15. The van der Waals surface area contributed by atoms with E-state index in [1.807, 2.05) is 0 Å². The van der Waals surface area contributed by atoms with Gasteiger partial charge < -0.3 is 4.98 Å². The summed E-state index contributed by atoms with van der Waals surface area (Å²) in [6.07, 6.45) is 0. The lowest BCUT2D eigenvalue weighted by atomic mass is 10.1. The topological polar surface area (TPSA) is 45.8 Å². The van der Waals surface area contributed by atoms with Gasteiger partial charge in [0.15, 0.2) is 11.6 Å². The van der Waals surface area contributed by atoms with Gasteiger partial charge in [-0.15, -0.1) is 0 Å². The van der Waals surface area contributed by atoms with Gasteiger partial charge in [-0.05, 0) is 18.2 Å². The quantitative estimate of drug-likeness (QED) is 0.745. The molecule has 1 heterocycles. The Kier molecular flexibility index (Phi) is 3.17. The Morgan fingerprint density at radius 1 is 1.05 bits per heavy atom. The van der Waals surface area contributed by atoms with Crippen molar-refractivity contribution in [2.75, 3.05) is 0 Å². The molecule has 0 saturated carbocycles. The average molecular weight is 311 g/mol. The van der Waals surface area contributed by atoms with Crippen molar-refractivity contribution in [3.05, 3.63) is 63.2 Å². The largest absolute Gasteiger partial charge is 0.306 e. The fourth-order valence-corrected chi connectivity index (χ4v) is 2.23. The third-order valence-electron chi connectivity index (χ3n) is 2.95. The molecule has 0 fully saturated rings. The second kappa shape index (κ2) is 4.89. The first-order valence-electron chi connectivity index (χ1n) is 5.81. The summed E-state index contributed by atoms with van der Waals surface area (Å²) < 4.78 is 40.2. The number of H-pyrrole nitrogens is 1. The summed E-state index contributed by atoms with van der Waals surface area (Å²) in [5, 5.41) is -0.0924. The molecule has 0 amide bonds. The number of hydrogen-bond donors (Lipinski definition) is 1. The third kappa shape index (κ3) is 2.27. The van der Waals surface area contributed by atoms with Crippen LogP contribution in [0.4, 0.5) is 13.2 Å². The zero-order valence-electron chi connectivity index (χ0n) is 10.3. The van der Waals surface area contributed by atoms with Crippen LogP contribution in [0.25, 0.3) is 22.3 Å². The number of aromatic nitrogens is 2. The van der Waals surface area contributed by atoms with Gasteiger partial charge in [0.05, 0.1) is 21.5 Å². The number of aromatic amines is 1. The second-order valence-corrected chi connectivity index (χ2v) is 4.70. The molecule has 0 aliphatic heterocycles. The van der Waals surface area contributed by atoms with Crippen LogP contribution in [0.15, 0.2) is 35.1 Å². The molecule has 0 aliphatic carbocycles. The summed E-state index contributed by atoms with van der Waals surface area (Å²) >= 11 is 5.89. The van der Waals surface area contributed by atoms with Crippen molar-refractivity contribution in [2.45, 2.75) is 0 Å². The standard InChI is InChI=1S/C14H6ClF3N2O/c15-7-2-1-3-8(16)12(7)13-19-11-5-10(18)9(17)4-6(11)14(21)20-13/h1-5H,(H,19,20,21). The van der Waals surface area contributed by atoms with Gasteiger partial charge in [0.25, 0.3) is 5.56 Å². The minimum absolute atomic E-state index is 0.0417. The predicted octanol–water partition coefficient (Wildman–Crippen LogP) is 3.66. The Balaban J connectivity index is 2.36. The minimum atomic E-state index is -1.16. The van der Waals surface area contributed by atoms with Gasteiger partial charge in [0, 0.05) is 6.07 Å². The zero-order chi connectivity index (χ0) is 15.1. The Bertz CT molecular complexity index is 904. The molecule has 0 radical (unpaired) electrons. The highest BCUT2D eigenvalue weighted by atomic mass is 35.5. The van der Waals surface area contributed by atoms with Crippen LogP contribution in [-0.4, -0.2) is 9.97 Å². The summed E-state index contributed by atoms with van der Waals surface area (Å²) in [5.41, 5.74) is -0.914. The van der Waals surface area contributed by atoms with Gasteiger partial charge in [-0.3, -0.25) is 4.79 Å². The number of nitrogens with one attached hydrogen (secondary N) is 1. The summed E-state index contributed by atoms with van der Waals surface area (Å²) in [6.45, 7) is 0. The van der Waals surface area contributed by atoms with Crippen LogP contribution in [-0.2, 0) is 0 Å².